The molecule has 2 rings (SSSR count). The highest BCUT2D eigenvalue weighted by Gasteiger charge is 2.08. The molecule has 0 saturated carbocycles. The van der Waals surface area contributed by atoms with Crippen LogP contribution in [0, 0.1) is 0 Å². The highest BCUT2D eigenvalue weighted by molar-refractivity contribution is 9.10. The Morgan fingerprint density at radius 2 is 2.00 bits per heavy atom. The lowest BCUT2D eigenvalue weighted by Gasteiger charge is -2.13. The van der Waals surface area contributed by atoms with Crippen LogP contribution in [0.4, 0.5) is 0 Å². The largest absolute Gasteiger partial charge is 0.493 e. The second-order valence-electron chi connectivity index (χ2n) is 5.12. The Hall–Kier alpha value is -2.34. The van der Waals surface area contributed by atoms with E-state index in [0.29, 0.717) is 21.9 Å². The number of nitrogens with zero attached hydrogens (tertiary/aromatic N) is 1. The number of hydrogen-bond acceptors (Lipinski definition) is 5. The van der Waals surface area contributed by atoms with Gasteiger partial charge in [0.25, 0.3) is 0 Å². The number of halogens is 1. The lowest BCUT2D eigenvalue weighted by molar-refractivity contribution is -0.128. The smallest absolute Gasteiger partial charge is 0.336 e. The van der Waals surface area contributed by atoms with Crippen LogP contribution in [0.3, 0.4) is 0 Å². The summed E-state index contributed by atoms with van der Waals surface area (Å²) >= 11 is 3.22. The molecule has 0 radical (unpaired) electrons. The molecule has 0 N–H and O–H groups in total. The monoisotopic (exact) mass is 391 g/mol. The van der Waals surface area contributed by atoms with E-state index in [1.807, 2.05) is 26.0 Å². The fourth-order valence-electron chi connectivity index (χ4n) is 1.89. The van der Waals surface area contributed by atoms with Crippen LogP contribution in [-0.4, -0.2) is 24.2 Å². The molecule has 6 heteroatoms. The Bertz CT molecular complexity index is 744. The first-order valence-electron chi connectivity index (χ1n) is 7.34. The second-order valence-corrected chi connectivity index (χ2v) is 5.87. The summed E-state index contributed by atoms with van der Waals surface area (Å²) in [5.41, 5.74) is 0.796. The molecule has 0 spiro atoms. The molecule has 0 saturated heterocycles. The van der Waals surface area contributed by atoms with Gasteiger partial charge in [-0.05, 0) is 65.7 Å². The maximum atomic E-state index is 11.9. The number of carbonyl (C=O) groups excluding carboxylic acids is 1. The molecular weight excluding hydrogens is 374 g/mol. The van der Waals surface area contributed by atoms with Crippen LogP contribution in [-0.2, 0) is 4.79 Å². The van der Waals surface area contributed by atoms with Crippen LogP contribution in [0.5, 0.6) is 17.2 Å². The lowest BCUT2D eigenvalue weighted by Crippen LogP contribution is -2.06. The quantitative estimate of drug-likeness (QED) is 0.418. The third kappa shape index (κ3) is 5.09. The first kappa shape index (κ1) is 18.0. The van der Waals surface area contributed by atoms with E-state index in [4.69, 9.17) is 14.2 Å². The minimum atomic E-state index is -0.495. The molecule has 0 fully saturated rings. The molecular formula is C18H18BrNO4. The number of esters is 1. The van der Waals surface area contributed by atoms with E-state index in [0.717, 1.165) is 5.56 Å². The number of rotatable bonds is 6. The molecule has 0 bridgehead atoms. The number of methoxy groups -OCH3 is 1. The molecule has 2 aromatic rings. The SMILES string of the molecule is COc1cc(C=CC(=O)Oc2cccnc2Br)ccc1OC(C)C. The summed E-state index contributed by atoms with van der Waals surface area (Å²) in [6.07, 6.45) is 4.64. The molecule has 0 unspecified atom stereocenters. The molecule has 1 aromatic heterocycles. The van der Waals surface area contributed by atoms with Gasteiger partial charge in [-0.2, -0.15) is 0 Å². The number of hydrogen-bond donors (Lipinski definition) is 0. The van der Waals surface area contributed by atoms with Gasteiger partial charge in [0.1, 0.15) is 4.60 Å². The molecule has 1 heterocycles. The van der Waals surface area contributed by atoms with Crippen LogP contribution in [0.25, 0.3) is 6.08 Å². The molecule has 0 aliphatic rings. The van der Waals surface area contributed by atoms with E-state index >= 15 is 0 Å². The Balaban J connectivity index is 2.08. The van der Waals surface area contributed by atoms with Crippen molar-refractivity contribution < 1.29 is 19.0 Å². The van der Waals surface area contributed by atoms with Crippen molar-refractivity contribution in [1.82, 2.24) is 4.98 Å². The van der Waals surface area contributed by atoms with E-state index in [9.17, 15) is 4.79 Å². The maximum absolute atomic E-state index is 11.9. The van der Waals surface area contributed by atoms with Gasteiger partial charge in [-0.1, -0.05) is 6.07 Å². The number of benzene rings is 1. The normalized spacial score (nSPS) is 10.9. The second kappa shape index (κ2) is 8.49. The summed E-state index contributed by atoms with van der Waals surface area (Å²) in [5.74, 6) is 1.14. The van der Waals surface area contributed by atoms with Crippen molar-refractivity contribution >= 4 is 28.0 Å². The summed E-state index contributed by atoms with van der Waals surface area (Å²) in [4.78, 5) is 15.9. The Morgan fingerprint density at radius 1 is 1.21 bits per heavy atom. The van der Waals surface area contributed by atoms with Gasteiger partial charge >= 0.3 is 5.97 Å². The van der Waals surface area contributed by atoms with Crippen molar-refractivity contribution in [2.75, 3.05) is 7.11 Å². The fraction of sp³-hybridized carbons (Fsp3) is 0.222. The molecule has 0 aliphatic carbocycles. The van der Waals surface area contributed by atoms with Gasteiger partial charge in [-0.15, -0.1) is 0 Å². The van der Waals surface area contributed by atoms with E-state index in [1.165, 1.54) is 6.08 Å². The van der Waals surface area contributed by atoms with Gasteiger partial charge < -0.3 is 14.2 Å². The van der Waals surface area contributed by atoms with Gasteiger partial charge in [0, 0.05) is 12.3 Å². The topological polar surface area (TPSA) is 57.7 Å². The van der Waals surface area contributed by atoms with E-state index in [-0.39, 0.29) is 6.10 Å². The number of aromatic nitrogens is 1. The van der Waals surface area contributed by atoms with Gasteiger partial charge in [0.05, 0.1) is 13.2 Å². The predicted octanol–water partition coefficient (Wildman–Crippen LogP) is 4.26. The third-order valence-electron chi connectivity index (χ3n) is 2.90. The lowest BCUT2D eigenvalue weighted by atomic mass is 10.2. The van der Waals surface area contributed by atoms with Gasteiger partial charge in [-0.3, -0.25) is 0 Å². The molecule has 0 atom stereocenters. The average Bonchev–Trinajstić information content (AvgIpc) is 2.55. The molecule has 1 aromatic carbocycles. The zero-order chi connectivity index (χ0) is 17.5. The minimum Gasteiger partial charge on any atom is -0.493 e. The van der Waals surface area contributed by atoms with Crippen LogP contribution < -0.4 is 14.2 Å². The molecule has 0 aliphatic heterocycles. The maximum Gasteiger partial charge on any atom is 0.336 e. The Morgan fingerprint density at radius 3 is 2.67 bits per heavy atom. The summed E-state index contributed by atoms with van der Waals surface area (Å²) in [5, 5.41) is 0. The minimum absolute atomic E-state index is 0.0493. The zero-order valence-electron chi connectivity index (χ0n) is 13.7. The fourth-order valence-corrected chi connectivity index (χ4v) is 2.22. The summed E-state index contributed by atoms with van der Waals surface area (Å²) in [6.45, 7) is 3.89. The van der Waals surface area contributed by atoms with Crippen LogP contribution in [0.2, 0.25) is 0 Å². The van der Waals surface area contributed by atoms with E-state index < -0.39 is 5.97 Å². The molecule has 126 valence electrons. The Kier molecular flexibility index (Phi) is 6.37. The van der Waals surface area contributed by atoms with Crippen LogP contribution in [0.1, 0.15) is 19.4 Å². The first-order chi connectivity index (χ1) is 11.5. The zero-order valence-corrected chi connectivity index (χ0v) is 15.2. The molecule has 24 heavy (non-hydrogen) atoms. The van der Waals surface area contributed by atoms with Crippen LogP contribution >= 0.6 is 15.9 Å². The number of pyridine rings is 1. The van der Waals surface area contributed by atoms with Gasteiger partial charge in [-0.25, -0.2) is 9.78 Å². The average molecular weight is 392 g/mol. The van der Waals surface area contributed by atoms with Crippen molar-refractivity contribution in [2.45, 2.75) is 20.0 Å². The highest BCUT2D eigenvalue weighted by Crippen LogP contribution is 2.29. The van der Waals surface area contributed by atoms with Crippen molar-refractivity contribution in [3.8, 4) is 17.2 Å². The van der Waals surface area contributed by atoms with Crippen molar-refractivity contribution in [3.63, 3.8) is 0 Å². The van der Waals surface area contributed by atoms with Crippen LogP contribution in [0.15, 0.2) is 47.2 Å². The van der Waals surface area contributed by atoms with E-state index in [1.54, 1.807) is 37.6 Å². The summed E-state index contributed by atoms with van der Waals surface area (Å²) < 4.78 is 16.7. The van der Waals surface area contributed by atoms with Crippen molar-refractivity contribution in [1.29, 1.82) is 0 Å². The number of ether oxygens (including phenoxy) is 3. The predicted molar refractivity (Wildman–Crippen MR) is 95.4 cm³/mol. The van der Waals surface area contributed by atoms with Crippen molar-refractivity contribution in [2.24, 2.45) is 0 Å². The van der Waals surface area contributed by atoms with Crippen molar-refractivity contribution in [3.05, 3.63) is 52.8 Å². The highest BCUT2D eigenvalue weighted by atomic mass is 79.9. The standard InChI is InChI=1S/C18H18BrNO4/c1-12(2)23-14-8-6-13(11-16(14)22-3)7-9-17(21)24-15-5-4-10-20-18(15)19/h4-12H,1-3H3. The molecule has 5 nitrogen and oxygen atoms in total. The third-order valence-corrected chi connectivity index (χ3v) is 3.49. The number of carbonyl (C=O) groups is 1. The first-order valence-corrected chi connectivity index (χ1v) is 8.14. The van der Waals surface area contributed by atoms with Gasteiger partial charge in [0.2, 0.25) is 0 Å². The summed E-state index contributed by atoms with van der Waals surface area (Å²) in [6, 6.07) is 8.78. The summed E-state index contributed by atoms with van der Waals surface area (Å²) in [7, 11) is 1.57. The van der Waals surface area contributed by atoms with E-state index in [2.05, 4.69) is 20.9 Å². The molecule has 0 amide bonds. The Labute approximate surface area is 149 Å². The van der Waals surface area contributed by atoms with Gasteiger partial charge in [0.15, 0.2) is 17.2 Å².